The van der Waals surface area contributed by atoms with E-state index in [1.807, 2.05) is 60.9 Å². The van der Waals surface area contributed by atoms with Crippen LogP contribution in [0, 0.1) is 11.3 Å². The van der Waals surface area contributed by atoms with E-state index >= 15 is 0 Å². The Labute approximate surface area is 154 Å². The molecule has 2 aromatic carbocycles. The van der Waals surface area contributed by atoms with Crippen LogP contribution in [0.1, 0.15) is 15.2 Å². The molecule has 0 bridgehead atoms. The van der Waals surface area contributed by atoms with Crippen LogP contribution in [0.5, 0.6) is 0 Å². The Balaban J connectivity index is 2.29. The highest BCUT2D eigenvalue weighted by molar-refractivity contribution is 7.98. The van der Waals surface area contributed by atoms with E-state index < -0.39 is 5.97 Å². The van der Waals surface area contributed by atoms with Crippen LogP contribution in [0.4, 0.5) is 0 Å². The molecule has 0 aliphatic rings. The lowest BCUT2D eigenvalue weighted by Gasteiger charge is -2.08. The van der Waals surface area contributed by atoms with E-state index in [-0.39, 0.29) is 11.3 Å². The molecule has 3 aromatic rings. The third kappa shape index (κ3) is 3.46. The van der Waals surface area contributed by atoms with Crippen LogP contribution < -0.4 is 0 Å². The Bertz CT molecular complexity index is 938. The van der Waals surface area contributed by atoms with E-state index in [9.17, 15) is 15.2 Å². The Hall–Kier alpha value is -2.55. The summed E-state index contributed by atoms with van der Waals surface area (Å²) in [7, 11) is 0. The number of carbonyl (C=O) groups is 1. The van der Waals surface area contributed by atoms with E-state index in [0.717, 1.165) is 26.5 Å². The zero-order valence-corrected chi connectivity index (χ0v) is 15.2. The number of carboxylic acids is 1. The summed E-state index contributed by atoms with van der Waals surface area (Å²) in [5, 5.41) is 18.8. The van der Waals surface area contributed by atoms with Gasteiger partial charge in [0.2, 0.25) is 0 Å². The number of carboxylic acid groups (broad SMARTS) is 1. The minimum Gasteiger partial charge on any atom is -0.477 e. The zero-order chi connectivity index (χ0) is 17.8. The second kappa shape index (κ2) is 7.56. The van der Waals surface area contributed by atoms with Crippen molar-refractivity contribution in [3.8, 4) is 27.6 Å². The molecule has 3 rings (SSSR count). The van der Waals surface area contributed by atoms with Gasteiger partial charge in [0.05, 0.1) is 12.5 Å². The largest absolute Gasteiger partial charge is 0.477 e. The Kier molecular flexibility index (Phi) is 5.22. The van der Waals surface area contributed by atoms with Crippen LogP contribution in [0.3, 0.4) is 0 Å². The van der Waals surface area contributed by atoms with E-state index in [1.165, 1.54) is 11.3 Å². The van der Waals surface area contributed by atoms with E-state index in [4.69, 9.17) is 0 Å². The predicted molar refractivity (Wildman–Crippen MR) is 103 cm³/mol. The number of thiophene rings is 1. The summed E-state index contributed by atoms with van der Waals surface area (Å²) in [5.74, 6) is -0.987. The lowest BCUT2D eigenvalue weighted by atomic mass is 9.96. The summed E-state index contributed by atoms with van der Waals surface area (Å²) < 4.78 is 0. The second-order valence-corrected chi connectivity index (χ2v) is 7.25. The first-order chi connectivity index (χ1) is 12.2. The molecule has 0 saturated heterocycles. The molecule has 25 heavy (non-hydrogen) atoms. The Morgan fingerprint density at radius 1 is 1.12 bits per heavy atom. The van der Waals surface area contributed by atoms with Gasteiger partial charge >= 0.3 is 5.97 Å². The Morgan fingerprint density at radius 3 is 2.36 bits per heavy atom. The fraction of sp³-hybridized carbons (Fsp3) is 0.100. The van der Waals surface area contributed by atoms with Gasteiger partial charge < -0.3 is 5.11 Å². The zero-order valence-electron chi connectivity index (χ0n) is 13.5. The van der Waals surface area contributed by atoms with Crippen LogP contribution >= 0.6 is 23.1 Å². The van der Waals surface area contributed by atoms with Gasteiger partial charge in [0.15, 0.2) is 0 Å². The van der Waals surface area contributed by atoms with Gasteiger partial charge in [-0.3, -0.25) is 0 Å². The molecule has 1 aromatic heterocycles. The van der Waals surface area contributed by atoms with Gasteiger partial charge in [0.25, 0.3) is 0 Å². The molecule has 0 saturated carbocycles. The molecule has 5 heteroatoms. The van der Waals surface area contributed by atoms with Crippen molar-refractivity contribution in [3.05, 3.63) is 65.0 Å². The first-order valence-electron chi connectivity index (χ1n) is 7.61. The third-order valence-corrected chi connectivity index (χ3v) is 5.88. The SMILES string of the molecule is CSc1ccc(-c2c(-c3ccccc3)sc(C(=O)O)c2CC#N)cc1. The minimum atomic E-state index is -0.987. The van der Waals surface area contributed by atoms with Gasteiger partial charge in [-0.2, -0.15) is 5.26 Å². The number of hydrogen-bond acceptors (Lipinski definition) is 4. The lowest BCUT2D eigenvalue weighted by molar-refractivity contribution is 0.0701. The summed E-state index contributed by atoms with van der Waals surface area (Å²) in [6, 6.07) is 19.9. The fourth-order valence-corrected chi connectivity index (χ4v) is 4.34. The normalized spacial score (nSPS) is 10.4. The highest BCUT2D eigenvalue weighted by Gasteiger charge is 2.24. The van der Waals surface area contributed by atoms with Crippen molar-refractivity contribution >= 4 is 29.1 Å². The van der Waals surface area contributed by atoms with Crippen LogP contribution in [0.15, 0.2) is 59.5 Å². The number of nitrogens with zero attached hydrogens (tertiary/aromatic N) is 1. The monoisotopic (exact) mass is 365 g/mol. The van der Waals surface area contributed by atoms with Crippen LogP contribution in [0.25, 0.3) is 21.6 Å². The smallest absolute Gasteiger partial charge is 0.346 e. The first kappa shape index (κ1) is 17.3. The van der Waals surface area contributed by atoms with Crippen LogP contribution in [-0.4, -0.2) is 17.3 Å². The molecule has 0 radical (unpaired) electrons. The average molecular weight is 365 g/mol. The number of thioether (sulfide) groups is 1. The van der Waals surface area contributed by atoms with Gasteiger partial charge in [0.1, 0.15) is 4.88 Å². The van der Waals surface area contributed by atoms with Crippen LogP contribution in [0.2, 0.25) is 0 Å². The molecule has 1 heterocycles. The van der Waals surface area contributed by atoms with Crippen molar-refractivity contribution < 1.29 is 9.90 Å². The van der Waals surface area contributed by atoms with Crippen molar-refractivity contribution in [2.75, 3.05) is 6.26 Å². The van der Waals surface area contributed by atoms with Gasteiger partial charge in [-0.15, -0.1) is 23.1 Å². The number of hydrogen-bond donors (Lipinski definition) is 1. The summed E-state index contributed by atoms with van der Waals surface area (Å²) >= 11 is 2.89. The van der Waals surface area contributed by atoms with E-state index in [2.05, 4.69) is 6.07 Å². The number of benzene rings is 2. The lowest BCUT2D eigenvalue weighted by Crippen LogP contribution is -1.98. The summed E-state index contributed by atoms with van der Waals surface area (Å²) in [6.07, 6.45) is 2.09. The maximum absolute atomic E-state index is 11.7. The number of rotatable bonds is 5. The highest BCUT2D eigenvalue weighted by atomic mass is 32.2. The maximum atomic E-state index is 11.7. The highest BCUT2D eigenvalue weighted by Crippen LogP contribution is 2.43. The van der Waals surface area contributed by atoms with Crippen LogP contribution in [-0.2, 0) is 6.42 Å². The molecule has 0 fully saturated rings. The minimum absolute atomic E-state index is 0.0740. The molecular weight excluding hydrogens is 350 g/mol. The van der Waals surface area contributed by atoms with Crippen molar-refractivity contribution in [2.45, 2.75) is 11.3 Å². The summed E-state index contributed by atoms with van der Waals surface area (Å²) in [5.41, 5.74) is 3.34. The molecule has 124 valence electrons. The molecule has 1 N–H and O–H groups in total. The predicted octanol–water partition coefficient (Wildman–Crippen LogP) is 5.57. The van der Waals surface area contributed by atoms with Crippen molar-refractivity contribution in [2.24, 2.45) is 0 Å². The quantitative estimate of drug-likeness (QED) is 0.601. The molecule has 0 unspecified atom stereocenters. The molecule has 3 nitrogen and oxygen atoms in total. The molecule has 0 aliphatic heterocycles. The fourth-order valence-electron chi connectivity index (χ4n) is 2.74. The van der Waals surface area contributed by atoms with Gasteiger partial charge in [-0.05, 0) is 29.5 Å². The van der Waals surface area contributed by atoms with E-state index in [1.54, 1.807) is 11.8 Å². The van der Waals surface area contributed by atoms with Gasteiger partial charge in [-0.1, -0.05) is 42.5 Å². The van der Waals surface area contributed by atoms with E-state index in [0.29, 0.717) is 5.56 Å². The standard InChI is InChI=1S/C20H15NO2S2/c1-24-15-9-7-13(8-10-15)17-16(11-12-21)19(20(22)23)25-18(17)14-5-3-2-4-6-14/h2-10H,11H2,1H3,(H,22,23). The van der Waals surface area contributed by atoms with Gasteiger partial charge in [0, 0.05) is 20.9 Å². The summed E-state index contributed by atoms with van der Waals surface area (Å²) in [6.45, 7) is 0. The molecule has 0 aliphatic carbocycles. The molecule has 0 amide bonds. The first-order valence-corrected chi connectivity index (χ1v) is 9.65. The molecule has 0 atom stereocenters. The topological polar surface area (TPSA) is 61.1 Å². The molecular formula is C20H15NO2S2. The van der Waals surface area contributed by atoms with Crippen molar-refractivity contribution in [3.63, 3.8) is 0 Å². The maximum Gasteiger partial charge on any atom is 0.346 e. The number of aromatic carboxylic acids is 1. The van der Waals surface area contributed by atoms with Crippen molar-refractivity contribution in [1.29, 1.82) is 5.26 Å². The summed E-state index contributed by atoms with van der Waals surface area (Å²) in [4.78, 5) is 14.0. The Morgan fingerprint density at radius 2 is 1.80 bits per heavy atom. The molecule has 0 spiro atoms. The second-order valence-electron chi connectivity index (χ2n) is 5.35. The average Bonchev–Trinajstić information content (AvgIpc) is 3.02. The van der Waals surface area contributed by atoms with Gasteiger partial charge in [-0.25, -0.2) is 4.79 Å². The van der Waals surface area contributed by atoms with Crippen molar-refractivity contribution in [1.82, 2.24) is 0 Å². The third-order valence-electron chi connectivity index (χ3n) is 3.87. The number of nitriles is 1.